The van der Waals surface area contributed by atoms with Crippen molar-refractivity contribution in [2.24, 2.45) is 0 Å². The molecule has 3 aromatic rings. The molecule has 118 valence electrons. The van der Waals surface area contributed by atoms with Gasteiger partial charge in [-0.15, -0.1) is 0 Å². The van der Waals surface area contributed by atoms with Crippen LogP contribution in [0.2, 0.25) is 0 Å². The smallest absolute Gasteiger partial charge is 0.259 e. The van der Waals surface area contributed by atoms with Crippen molar-refractivity contribution in [1.29, 1.82) is 0 Å². The first-order chi connectivity index (χ1) is 11.0. The quantitative estimate of drug-likeness (QED) is 0.633. The molecule has 4 nitrogen and oxygen atoms in total. The van der Waals surface area contributed by atoms with Gasteiger partial charge in [-0.25, -0.2) is 4.98 Å². The third-order valence-corrected chi connectivity index (χ3v) is 4.28. The Kier molecular flexibility index (Phi) is 4.55. The van der Waals surface area contributed by atoms with Crippen LogP contribution in [-0.2, 0) is 0 Å². The summed E-state index contributed by atoms with van der Waals surface area (Å²) in [5.74, 6) is 1.13. The Labute approximate surface area is 150 Å². The largest absolute Gasteiger partial charge is 0.489 e. The monoisotopic (exact) mass is 436 g/mol. The van der Waals surface area contributed by atoms with Gasteiger partial charge in [-0.2, -0.15) is 0 Å². The van der Waals surface area contributed by atoms with Gasteiger partial charge in [-0.1, -0.05) is 28.1 Å². The molecule has 0 spiro atoms. The molecule has 2 aromatic carbocycles. The van der Waals surface area contributed by atoms with E-state index in [1.54, 1.807) is 6.07 Å². The van der Waals surface area contributed by atoms with Crippen molar-refractivity contribution in [1.82, 2.24) is 9.97 Å². The molecule has 3 rings (SSSR count). The van der Waals surface area contributed by atoms with E-state index in [-0.39, 0.29) is 11.7 Å². The number of aromatic nitrogens is 2. The van der Waals surface area contributed by atoms with Crippen molar-refractivity contribution in [3.63, 3.8) is 0 Å². The number of fused-ring (bicyclic) bond motifs is 1. The van der Waals surface area contributed by atoms with Gasteiger partial charge in [0.1, 0.15) is 11.6 Å². The lowest BCUT2D eigenvalue weighted by Crippen LogP contribution is -2.11. The molecule has 1 aromatic heterocycles. The Hall–Kier alpha value is -1.66. The third kappa shape index (κ3) is 3.33. The van der Waals surface area contributed by atoms with E-state index in [1.165, 1.54) is 0 Å². The molecular weight excluding hydrogens is 424 g/mol. The van der Waals surface area contributed by atoms with Crippen molar-refractivity contribution >= 4 is 42.8 Å². The summed E-state index contributed by atoms with van der Waals surface area (Å²) in [5.41, 5.74) is 1.21. The molecule has 0 aliphatic carbocycles. The zero-order valence-corrected chi connectivity index (χ0v) is 15.7. The van der Waals surface area contributed by atoms with Crippen LogP contribution in [-0.4, -0.2) is 16.1 Å². The number of benzene rings is 2. The Morgan fingerprint density at radius 1 is 1.17 bits per heavy atom. The van der Waals surface area contributed by atoms with Gasteiger partial charge >= 0.3 is 0 Å². The summed E-state index contributed by atoms with van der Waals surface area (Å²) in [7, 11) is 0. The van der Waals surface area contributed by atoms with Crippen molar-refractivity contribution < 1.29 is 4.74 Å². The Balaban J connectivity index is 2.27. The number of rotatable bonds is 3. The molecular formula is C17H14Br2N2O2. The zero-order valence-electron chi connectivity index (χ0n) is 12.6. The third-order valence-electron chi connectivity index (χ3n) is 3.23. The highest BCUT2D eigenvalue weighted by Crippen LogP contribution is 2.38. The standard InChI is InChI=1S/C17H14Br2N2O2/c1-9(2)23-15-12(7-10(18)8-13(15)19)16-20-14-6-4-3-5-11(14)17(22)21-16/h3-9H,1-2H3,(H,20,21,22). The van der Waals surface area contributed by atoms with Crippen LogP contribution in [0.5, 0.6) is 5.75 Å². The average Bonchev–Trinajstić information content (AvgIpc) is 2.49. The lowest BCUT2D eigenvalue weighted by Gasteiger charge is -2.16. The maximum absolute atomic E-state index is 12.3. The zero-order chi connectivity index (χ0) is 16.6. The minimum atomic E-state index is -0.169. The SMILES string of the molecule is CC(C)Oc1c(Br)cc(Br)cc1-c1nc2ccccc2c(=O)[nH]1. The first-order valence-electron chi connectivity index (χ1n) is 7.11. The summed E-state index contributed by atoms with van der Waals surface area (Å²) in [6.07, 6.45) is -0.00148. The van der Waals surface area contributed by atoms with Gasteiger partial charge in [0.05, 0.1) is 27.0 Å². The van der Waals surface area contributed by atoms with Gasteiger partial charge in [-0.05, 0) is 54.0 Å². The molecule has 6 heteroatoms. The van der Waals surface area contributed by atoms with Crippen LogP contribution < -0.4 is 10.3 Å². The van der Waals surface area contributed by atoms with Gasteiger partial charge in [0.25, 0.3) is 5.56 Å². The highest BCUT2D eigenvalue weighted by molar-refractivity contribution is 9.11. The fourth-order valence-corrected chi connectivity index (χ4v) is 3.62. The summed E-state index contributed by atoms with van der Waals surface area (Å²) < 4.78 is 7.57. The molecule has 0 atom stereocenters. The number of para-hydroxylation sites is 1. The fraction of sp³-hybridized carbons (Fsp3) is 0.176. The van der Waals surface area contributed by atoms with Crippen molar-refractivity contribution in [3.05, 3.63) is 55.7 Å². The van der Waals surface area contributed by atoms with Crippen LogP contribution in [0.3, 0.4) is 0 Å². The van der Waals surface area contributed by atoms with Crippen LogP contribution in [0.1, 0.15) is 13.8 Å². The molecule has 0 amide bonds. The number of hydrogen-bond donors (Lipinski definition) is 1. The second-order valence-corrected chi connectivity index (χ2v) is 7.13. The molecule has 0 unspecified atom stereocenters. The topological polar surface area (TPSA) is 55.0 Å². The number of H-pyrrole nitrogens is 1. The first kappa shape index (κ1) is 16.2. The van der Waals surface area contributed by atoms with Crippen LogP contribution in [0.4, 0.5) is 0 Å². The second kappa shape index (κ2) is 6.45. The first-order valence-corrected chi connectivity index (χ1v) is 8.69. The maximum Gasteiger partial charge on any atom is 0.259 e. The van der Waals surface area contributed by atoms with Gasteiger partial charge in [0.2, 0.25) is 0 Å². The molecule has 0 aliphatic rings. The fourth-order valence-electron chi connectivity index (χ4n) is 2.31. The minimum absolute atomic E-state index is 0.00148. The van der Waals surface area contributed by atoms with Crippen LogP contribution in [0.25, 0.3) is 22.3 Å². The Morgan fingerprint density at radius 3 is 2.65 bits per heavy atom. The van der Waals surface area contributed by atoms with Gasteiger partial charge in [0, 0.05) is 4.47 Å². The number of aromatic amines is 1. The van der Waals surface area contributed by atoms with E-state index in [1.807, 2.05) is 44.2 Å². The molecule has 0 radical (unpaired) electrons. The number of nitrogens with one attached hydrogen (secondary N) is 1. The van der Waals surface area contributed by atoms with E-state index in [2.05, 4.69) is 41.8 Å². The summed E-state index contributed by atoms with van der Waals surface area (Å²) in [5, 5.41) is 0.566. The van der Waals surface area contributed by atoms with E-state index in [9.17, 15) is 4.79 Å². The summed E-state index contributed by atoms with van der Waals surface area (Å²) in [6, 6.07) is 11.1. The van der Waals surface area contributed by atoms with Gasteiger partial charge in [-0.3, -0.25) is 4.79 Å². The molecule has 23 heavy (non-hydrogen) atoms. The van der Waals surface area contributed by atoms with E-state index in [0.717, 1.165) is 14.5 Å². The molecule has 0 saturated heterocycles. The van der Waals surface area contributed by atoms with E-state index < -0.39 is 0 Å². The van der Waals surface area contributed by atoms with Crippen LogP contribution >= 0.6 is 31.9 Å². The average molecular weight is 438 g/mol. The van der Waals surface area contributed by atoms with Crippen molar-refractivity contribution in [2.45, 2.75) is 20.0 Å². The Morgan fingerprint density at radius 2 is 1.91 bits per heavy atom. The molecule has 1 N–H and O–H groups in total. The summed E-state index contributed by atoms with van der Waals surface area (Å²) in [4.78, 5) is 19.7. The maximum atomic E-state index is 12.3. The van der Waals surface area contributed by atoms with E-state index in [0.29, 0.717) is 22.5 Å². The van der Waals surface area contributed by atoms with Crippen molar-refractivity contribution in [3.8, 4) is 17.1 Å². The predicted molar refractivity (Wildman–Crippen MR) is 99.0 cm³/mol. The summed E-state index contributed by atoms with van der Waals surface area (Å²) >= 11 is 6.99. The normalized spacial score (nSPS) is 11.2. The summed E-state index contributed by atoms with van der Waals surface area (Å²) in [6.45, 7) is 3.91. The molecule has 1 heterocycles. The highest BCUT2D eigenvalue weighted by atomic mass is 79.9. The van der Waals surface area contributed by atoms with Crippen LogP contribution in [0.15, 0.2) is 50.1 Å². The molecule has 0 bridgehead atoms. The minimum Gasteiger partial charge on any atom is -0.489 e. The molecule has 0 saturated carbocycles. The van der Waals surface area contributed by atoms with E-state index in [4.69, 9.17) is 4.74 Å². The Bertz CT molecular complexity index is 936. The highest BCUT2D eigenvalue weighted by Gasteiger charge is 2.16. The lowest BCUT2D eigenvalue weighted by atomic mass is 10.1. The van der Waals surface area contributed by atoms with E-state index >= 15 is 0 Å². The lowest BCUT2D eigenvalue weighted by molar-refractivity contribution is 0.242. The number of hydrogen-bond acceptors (Lipinski definition) is 3. The number of ether oxygens (including phenoxy) is 1. The number of halogens is 2. The van der Waals surface area contributed by atoms with Crippen LogP contribution in [0, 0.1) is 0 Å². The molecule has 0 aliphatic heterocycles. The van der Waals surface area contributed by atoms with Gasteiger partial charge in [0.15, 0.2) is 0 Å². The number of nitrogens with zero attached hydrogens (tertiary/aromatic N) is 1. The van der Waals surface area contributed by atoms with Gasteiger partial charge < -0.3 is 9.72 Å². The second-order valence-electron chi connectivity index (χ2n) is 5.36. The molecule has 0 fully saturated rings. The predicted octanol–water partition coefficient (Wildman–Crippen LogP) is 4.90. The van der Waals surface area contributed by atoms with Crippen molar-refractivity contribution in [2.75, 3.05) is 0 Å².